The highest BCUT2D eigenvalue weighted by atomic mass is 19.2. The normalized spacial score (nSPS) is 11.3. The van der Waals surface area contributed by atoms with Gasteiger partial charge in [0, 0.05) is 18.7 Å². The Bertz CT molecular complexity index is 572. The fourth-order valence-corrected chi connectivity index (χ4v) is 1.67. The molecule has 0 amide bonds. The minimum Gasteiger partial charge on any atom is -0.311 e. The second-order valence-corrected chi connectivity index (χ2v) is 4.90. The Kier molecular flexibility index (Phi) is 4.39. The van der Waals surface area contributed by atoms with Crippen LogP contribution in [0.1, 0.15) is 19.5 Å². The molecule has 4 nitrogen and oxygen atoms in total. The zero-order chi connectivity index (χ0) is 14.7. The van der Waals surface area contributed by atoms with Crippen molar-refractivity contribution in [3.63, 3.8) is 0 Å². The molecule has 1 heterocycles. The number of halogens is 3. The summed E-state index contributed by atoms with van der Waals surface area (Å²) in [6.07, 6.45) is 1.54. The molecule has 0 aliphatic carbocycles. The minimum absolute atomic E-state index is 0.0870. The van der Waals surface area contributed by atoms with E-state index in [4.69, 9.17) is 0 Å². The van der Waals surface area contributed by atoms with Crippen LogP contribution in [0.15, 0.2) is 18.3 Å². The topological polar surface area (TPSA) is 42.7 Å². The molecule has 0 aliphatic heterocycles. The first-order chi connectivity index (χ1) is 9.47. The molecule has 0 atom stereocenters. The smallest absolute Gasteiger partial charge is 0.194 e. The van der Waals surface area contributed by atoms with Gasteiger partial charge in [0.2, 0.25) is 0 Å². The molecule has 0 unspecified atom stereocenters. The predicted octanol–water partition coefficient (Wildman–Crippen LogP) is 2.43. The molecule has 1 aromatic carbocycles. The van der Waals surface area contributed by atoms with Gasteiger partial charge in [-0.2, -0.15) is 0 Å². The van der Waals surface area contributed by atoms with Gasteiger partial charge in [-0.1, -0.05) is 19.1 Å². The summed E-state index contributed by atoms with van der Waals surface area (Å²) in [6, 6.07) is 1.75. The third kappa shape index (κ3) is 3.36. The van der Waals surface area contributed by atoms with E-state index in [2.05, 4.69) is 29.5 Å². The maximum Gasteiger partial charge on any atom is 0.194 e. The van der Waals surface area contributed by atoms with Gasteiger partial charge in [0.15, 0.2) is 17.5 Å². The summed E-state index contributed by atoms with van der Waals surface area (Å²) < 4.78 is 40.3. The molecule has 0 spiro atoms. The van der Waals surface area contributed by atoms with E-state index >= 15 is 0 Å². The van der Waals surface area contributed by atoms with Crippen molar-refractivity contribution >= 4 is 0 Å². The number of hydrogen-bond donors (Lipinski definition) is 1. The second kappa shape index (κ2) is 6.04. The van der Waals surface area contributed by atoms with E-state index in [1.54, 1.807) is 6.20 Å². The highest BCUT2D eigenvalue weighted by Gasteiger charge is 2.12. The van der Waals surface area contributed by atoms with Crippen LogP contribution in [0.5, 0.6) is 0 Å². The molecule has 0 radical (unpaired) electrons. The van der Waals surface area contributed by atoms with Crippen LogP contribution in [-0.2, 0) is 6.54 Å². The Morgan fingerprint density at radius 1 is 1.20 bits per heavy atom. The van der Waals surface area contributed by atoms with Crippen molar-refractivity contribution in [1.29, 1.82) is 0 Å². The quantitative estimate of drug-likeness (QED) is 0.858. The van der Waals surface area contributed by atoms with Gasteiger partial charge in [-0.15, -0.1) is 5.10 Å². The Labute approximate surface area is 114 Å². The third-order valence-corrected chi connectivity index (χ3v) is 2.63. The lowest BCUT2D eigenvalue weighted by molar-refractivity contribution is 0.446. The monoisotopic (exact) mass is 284 g/mol. The molecule has 1 N–H and O–H groups in total. The molecule has 108 valence electrons. The average molecular weight is 284 g/mol. The SMILES string of the molecule is CC(C)CNCc1cn(-c2cc(F)c(F)c(F)c2)nn1. The number of aromatic nitrogens is 3. The highest BCUT2D eigenvalue weighted by molar-refractivity contribution is 5.32. The lowest BCUT2D eigenvalue weighted by atomic mass is 10.2. The van der Waals surface area contributed by atoms with Crippen molar-refractivity contribution in [2.24, 2.45) is 5.92 Å². The molecule has 7 heteroatoms. The van der Waals surface area contributed by atoms with Crippen LogP contribution >= 0.6 is 0 Å². The maximum absolute atomic E-state index is 13.1. The second-order valence-electron chi connectivity index (χ2n) is 4.90. The van der Waals surface area contributed by atoms with Crippen LogP contribution in [0, 0.1) is 23.4 Å². The van der Waals surface area contributed by atoms with Crippen molar-refractivity contribution in [1.82, 2.24) is 20.3 Å². The van der Waals surface area contributed by atoms with Crippen molar-refractivity contribution < 1.29 is 13.2 Å². The van der Waals surface area contributed by atoms with E-state index in [-0.39, 0.29) is 5.69 Å². The van der Waals surface area contributed by atoms with Gasteiger partial charge in [0.25, 0.3) is 0 Å². The van der Waals surface area contributed by atoms with Gasteiger partial charge < -0.3 is 5.32 Å². The van der Waals surface area contributed by atoms with Crippen molar-refractivity contribution in [2.75, 3.05) is 6.54 Å². The van der Waals surface area contributed by atoms with E-state index in [1.807, 2.05) is 0 Å². The zero-order valence-electron chi connectivity index (χ0n) is 11.2. The van der Waals surface area contributed by atoms with E-state index in [0.29, 0.717) is 18.2 Å². The molecular formula is C13H15F3N4. The first-order valence-electron chi connectivity index (χ1n) is 6.24. The summed E-state index contributed by atoms with van der Waals surface area (Å²) in [5.41, 5.74) is 0.722. The van der Waals surface area contributed by atoms with Gasteiger partial charge >= 0.3 is 0 Å². The fraction of sp³-hybridized carbons (Fsp3) is 0.385. The summed E-state index contributed by atoms with van der Waals surface area (Å²) in [5, 5.41) is 10.8. The van der Waals surface area contributed by atoms with Crippen LogP contribution < -0.4 is 5.32 Å². The number of hydrogen-bond acceptors (Lipinski definition) is 3. The highest BCUT2D eigenvalue weighted by Crippen LogP contribution is 2.16. The van der Waals surface area contributed by atoms with E-state index in [1.165, 1.54) is 4.68 Å². The molecule has 0 aliphatic rings. The standard InChI is InChI=1S/C13H15F3N4/c1-8(2)5-17-6-9-7-20(19-18-9)10-3-11(14)13(16)12(15)4-10/h3-4,7-8,17H,5-6H2,1-2H3. The summed E-state index contributed by atoms with van der Waals surface area (Å²) >= 11 is 0. The summed E-state index contributed by atoms with van der Waals surface area (Å²) in [4.78, 5) is 0. The molecule has 0 fully saturated rings. The number of benzene rings is 1. The van der Waals surface area contributed by atoms with Crippen LogP contribution in [-0.4, -0.2) is 21.5 Å². The van der Waals surface area contributed by atoms with Crippen molar-refractivity contribution in [3.8, 4) is 5.69 Å². The predicted molar refractivity (Wildman–Crippen MR) is 67.8 cm³/mol. The summed E-state index contributed by atoms with van der Waals surface area (Å²) in [7, 11) is 0. The van der Waals surface area contributed by atoms with Crippen molar-refractivity contribution in [3.05, 3.63) is 41.5 Å². The summed E-state index contributed by atoms with van der Waals surface area (Å²) in [6.45, 7) is 5.48. The Morgan fingerprint density at radius 2 is 1.85 bits per heavy atom. The van der Waals surface area contributed by atoms with Crippen LogP contribution in [0.25, 0.3) is 5.69 Å². The lowest BCUT2D eigenvalue weighted by Crippen LogP contribution is -2.19. The third-order valence-electron chi connectivity index (χ3n) is 2.63. The van der Waals surface area contributed by atoms with Gasteiger partial charge in [0.05, 0.1) is 17.6 Å². The molecule has 1 aromatic heterocycles. The average Bonchev–Trinajstić information content (AvgIpc) is 2.83. The molecule has 2 aromatic rings. The van der Waals surface area contributed by atoms with Crippen molar-refractivity contribution in [2.45, 2.75) is 20.4 Å². The number of rotatable bonds is 5. The van der Waals surface area contributed by atoms with Crippen LogP contribution in [0.3, 0.4) is 0 Å². The minimum atomic E-state index is -1.49. The number of nitrogens with zero attached hydrogens (tertiary/aromatic N) is 3. The molecule has 0 bridgehead atoms. The first-order valence-corrected chi connectivity index (χ1v) is 6.24. The Hall–Kier alpha value is -1.89. The summed E-state index contributed by atoms with van der Waals surface area (Å²) in [5.74, 6) is -3.50. The van der Waals surface area contributed by atoms with Crippen LogP contribution in [0.4, 0.5) is 13.2 Å². The maximum atomic E-state index is 13.1. The van der Waals surface area contributed by atoms with E-state index in [0.717, 1.165) is 18.7 Å². The fourth-order valence-electron chi connectivity index (χ4n) is 1.67. The van der Waals surface area contributed by atoms with Gasteiger partial charge in [0.1, 0.15) is 0 Å². The van der Waals surface area contributed by atoms with E-state index in [9.17, 15) is 13.2 Å². The Morgan fingerprint density at radius 3 is 2.45 bits per heavy atom. The van der Waals surface area contributed by atoms with Gasteiger partial charge in [-0.3, -0.25) is 0 Å². The van der Waals surface area contributed by atoms with Gasteiger partial charge in [-0.05, 0) is 12.5 Å². The zero-order valence-corrected chi connectivity index (χ0v) is 11.2. The van der Waals surface area contributed by atoms with Crippen LogP contribution in [0.2, 0.25) is 0 Å². The molecule has 0 saturated heterocycles. The molecule has 2 rings (SSSR count). The molecule has 20 heavy (non-hydrogen) atoms. The first kappa shape index (κ1) is 14.5. The largest absolute Gasteiger partial charge is 0.311 e. The van der Waals surface area contributed by atoms with E-state index < -0.39 is 17.5 Å². The molecule has 0 saturated carbocycles. The number of nitrogens with one attached hydrogen (secondary N) is 1. The Balaban J connectivity index is 2.12. The van der Waals surface area contributed by atoms with Gasteiger partial charge in [-0.25, -0.2) is 17.9 Å². The lowest BCUT2D eigenvalue weighted by Gasteiger charge is -2.04. The molecular weight excluding hydrogens is 269 g/mol.